The predicted molar refractivity (Wildman–Crippen MR) is 91.0 cm³/mol. The Morgan fingerprint density at radius 1 is 1.12 bits per heavy atom. The zero-order valence-electron chi connectivity index (χ0n) is 14.8. The fourth-order valence-electron chi connectivity index (χ4n) is 2.69. The summed E-state index contributed by atoms with van der Waals surface area (Å²) >= 11 is 0. The first-order chi connectivity index (χ1) is 11.3. The van der Waals surface area contributed by atoms with E-state index in [4.69, 9.17) is 0 Å². The molecule has 0 heterocycles. The first-order valence-electron chi connectivity index (χ1n) is 8.79. The third-order valence-electron chi connectivity index (χ3n) is 4.21. The molecule has 0 aromatic heterocycles. The molecule has 24 heavy (non-hydrogen) atoms. The van der Waals surface area contributed by atoms with E-state index in [0.29, 0.717) is 6.54 Å². The monoisotopic (exact) mass is 343 g/mol. The number of alkyl halides is 3. The highest BCUT2D eigenvalue weighted by molar-refractivity contribution is 5.94. The van der Waals surface area contributed by atoms with Gasteiger partial charge in [0.05, 0.1) is 5.56 Å². The molecular formula is C19H28F3NO. The quantitative estimate of drug-likeness (QED) is 0.510. The second kappa shape index (κ2) is 9.70. The van der Waals surface area contributed by atoms with Crippen molar-refractivity contribution >= 4 is 5.91 Å². The lowest BCUT2D eigenvalue weighted by Crippen LogP contribution is -2.39. The van der Waals surface area contributed by atoms with Crippen LogP contribution in [0.3, 0.4) is 0 Å². The first kappa shape index (κ1) is 20.5. The third kappa shape index (κ3) is 6.17. The lowest BCUT2D eigenvalue weighted by Gasteiger charge is -2.30. The summed E-state index contributed by atoms with van der Waals surface area (Å²) in [5.41, 5.74) is -0.661. The number of halogens is 3. The van der Waals surface area contributed by atoms with Gasteiger partial charge in [-0.05, 0) is 38.0 Å². The van der Waals surface area contributed by atoms with Crippen molar-refractivity contribution < 1.29 is 18.0 Å². The van der Waals surface area contributed by atoms with Crippen molar-refractivity contribution in [3.05, 3.63) is 35.4 Å². The third-order valence-corrected chi connectivity index (χ3v) is 4.21. The van der Waals surface area contributed by atoms with Crippen LogP contribution in [0.4, 0.5) is 13.2 Å². The minimum absolute atomic E-state index is 0.0325. The maximum Gasteiger partial charge on any atom is 0.416 e. The molecule has 5 heteroatoms. The molecule has 136 valence electrons. The minimum atomic E-state index is -4.43. The number of unbranched alkanes of at least 4 members (excludes halogenated alkanes) is 3. The highest BCUT2D eigenvalue weighted by Crippen LogP contribution is 2.30. The first-order valence-corrected chi connectivity index (χ1v) is 8.79. The summed E-state index contributed by atoms with van der Waals surface area (Å²) < 4.78 is 38.6. The van der Waals surface area contributed by atoms with Gasteiger partial charge in [-0.3, -0.25) is 4.79 Å². The molecule has 1 rings (SSSR count). The molecule has 0 aliphatic carbocycles. The van der Waals surface area contributed by atoms with Crippen LogP contribution in [0.15, 0.2) is 24.3 Å². The Balaban J connectivity index is 2.94. The lowest BCUT2D eigenvalue weighted by atomic mass is 10.0. The van der Waals surface area contributed by atoms with E-state index in [2.05, 4.69) is 6.92 Å². The van der Waals surface area contributed by atoms with E-state index < -0.39 is 11.7 Å². The fraction of sp³-hybridized carbons (Fsp3) is 0.632. The molecule has 1 unspecified atom stereocenters. The maximum atomic E-state index is 12.9. The van der Waals surface area contributed by atoms with Crippen LogP contribution in [-0.2, 0) is 6.18 Å². The molecule has 1 amide bonds. The van der Waals surface area contributed by atoms with Gasteiger partial charge in [-0.25, -0.2) is 0 Å². The smallest absolute Gasteiger partial charge is 0.336 e. The van der Waals surface area contributed by atoms with Gasteiger partial charge in [-0.1, -0.05) is 45.6 Å². The molecule has 1 atom stereocenters. The van der Waals surface area contributed by atoms with Crippen molar-refractivity contribution in [2.75, 3.05) is 6.54 Å². The number of rotatable bonds is 9. The molecule has 0 fully saturated rings. The Hall–Kier alpha value is -1.52. The fourth-order valence-corrected chi connectivity index (χ4v) is 2.69. The number of hydrogen-bond donors (Lipinski definition) is 0. The van der Waals surface area contributed by atoms with Crippen molar-refractivity contribution in [3.8, 4) is 0 Å². The molecule has 0 bridgehead atoms. The van der Waals surface area contributed by atoms with E-state index in [1.54, 1.807) is 4.90 Å². The summed E-state index contributed by atoms with van der Waals surface area (Å²) in [6, 6.07) is 4.76. The summed E-state index contributed by atoms with van der Waals surface area (Å²) in [6.45, 7) is 6.72. The summed E-state index contributed by atoms with van der Waals surface area (Å²) in [7, 11) is 0. The van der Waals surface area contributed by atoms with Crippen molar-refractivity contribution in [1.29, 1.82) is 0 Å². The van der Waals surface area contributed by atoms with E-state index in [1.165, 1.54) is 12.1 Å². The average Bonchev–Trinajstić information content (AvgIpc) is 2.54. The number of nitrogens with zero attached hydrogens (tertiary/aromatic N) is 1. The molecule has 0 aliphatic rings. The van der Waals surface area contributed by atoms with Gasteiger partial charge in [0.25, 0.3) is 5.91 Å². The summed E-state index contributed by atoms with van der Waals surface area (Å²) in [5, 5.41) is 0. The Kier molecular flexibility index (Phi) is 8.29. The topological polar surface area (TPSA) is 20.3 Å². The van der Waals surface area contributed by atoms with E-state index in [0.717, 1.165) is 50.7 Å². The van der Waals surface area contributed by atoms with Crippen LogP contribution in [0.1, 0.15) is 75.2 Å². The Morgan fingerprint density at radius 3 is 2.38 bits per heavy atom. The van der Waals surface area contributed by atoms with Crippen molar-refractivity contribution in [3.63, 3.8) is 0 Å². The van der Waals surface area contributed by atoms with Crippen LogP contribution >= 0.6 is 0 Å². The van der Waals surface area contributed by atoms with Crippen LogP contribution in [0.2, 0.25) is 0 Å². The van der Waals surface area contributed by atoms with Gasteiger partial charge in [0.1, 0.15) is 0 Å². The van der Waals surface area contributed by atoms with Gasteiger partial charge in [0.2, 0.25) is 0 Å². The molecule has 0 radical (unpaired) electrons. The molecule has 2 nitrogen and oxygen atoms in total. The number of benzene rings is 1. The molecule has 0 saturated carbocycles. The standard InChI is InChI=1S/C19H28F3NO/c1-4-6-8-10-15(3)23(13-7-5-2)18(24)16-11-9-12-17(14-16)19(20,21)22/h9,11-12,14-15H,4-8,10,13H2,1-3H3. The summed E-state index contributed by atoms with van der Waals surface area (Å²) in [5.74, 6) is -0.307. The lowest BCUT2D eigenvalue weighted by molar-refractivity contribution is -0.137. The molecule has 0 saturated heterocycles. The van der Waals surface area contributed by atoms with E-state index in [-0.39, 0.29) is 17.5 Å². The van der Waals surface area contributed by atoms with Gasteiger partial charge in [0, 0.05) is 18.2 Å². The second-order valence-corrected chi connectivity index (χ2v) is 6.28. The highest BCUT2D eigenvalue weighted by Gasteiger charge is 2.31. The number of carbonyl (C=O) groups excluding carboxylic acids is 1. The Bertz CT molecular complexity index is 514. The molecule has 0 N–H and O–H groups in total. The van der Waals surface area contributed by atoms with Gasteiger partial charge in [-0.2, -0.15) is 13.2 Å². The highest BCUT2D eigenvalue weighted by atomic mass is 19.4. The molecular weight excluding hydrogens is 315 g/mol. The summed E-state index contributed by atoms with van der Waals surface area (Å²) in [6.07, 6.45) is 1.46. The van der Waals surface area contributed by atoms with Crippen LogP contribution in [-0.4, -0.2) is 23.4 Å². The predicted octanol–water partition coefficient (Wildman–Crippen LogP) is 5.92. The van der Waals surface area contributed by atoms with E-state index in [1.807, 2.05) is 13.8 Å². The normalized spacial score (nSPS) is 12.9. The van der Waals surface area contributed by atoms with E-state index in [9.17, 15) is 18.0 Å². The Labute approximate surface area is 143 Å². The van der Waals surface area contributed by atoms with Gasteiger partial charge in [-0.15, -0.1) is 0 Å². The Morgan fingerprint density at radius 2 is 1.79 bits per heavy atom. The van der Waals surface area contributed by atoms with Gasteiger partial charge < -0.3 is 4.90 Å². The number of hydrogen-bond acceptors (Lipinski definition) is 1. The maximum absolute atomic E-state index is 12.9. The van der Waals surface area contributed by atoms with Crippen LogP contribution in [0.25, 0.3) is 0 Å². The van der Waals surface area contributed by atoms with Crippen molar-refractivity contribution in [2.24, 2.45) is 0 Å². The van der Waals surface area contributed by atoms with E-state index >= 15 is 0 Å². The van der Waals surface area contributed by atoms with Crippen molar-refractivity contribution in [1.82, 2.24) is 4.90 Å². The van der Waals surface area contributed by atoms with Crippen LogP contribution < -0.4 is 0 Å². The minimum Gasteiger partial charge on any atom is -0.336 e. The largest absolute Gasteiger partial charge is 0.416 e. The van der Waals surface area contributed by atoms with Gasteiger partial charge >= 0.3 is 6.18 Å². The zero-order chi connectivity index (χ0) is 18.2. The summed E-state index contributed by atoms with van der Waals surface area (Å²) in [4.78, 5) is 14.5. The second-order valence-electron chi connectivity index (χ2n) is 6.28. The van der Waals surface area contributed by atoms with Crippen LogP contribution in [0.5, 0.6) is 0 Å². The molecule has 1 aromatic carbocycles. The zero-order valence-corrected chi connectivity index (χ0v) is 14.8. The number of amides is 1. The molecule has 0 aliphatic heterocycles. The average molecular weight is 343 g/mol. The van der Waals surface area contributed by atoms with Gasteiger partial charge in [0.15, 0.2) is 0 Å². The van der Waals surface area contributed by atoms with Crippen LogP contribution in [0, 0.1) is 0 Å². The molecule has 0 spiro atoms. The SMILES string of the molecule is CCCCCC(C)N(CCCC)C(=O)c1cccc(C(F)(F)F)c1. The number of carbonyl (C=O) groups is 1. The molecule has 1 aromatic rings. The van der Waals surface area contributed by atoms with Crippen molar-refractivity contribution in [2.45, 2.75) is 71.5 Å².